The summed E-state index contributed by atoms with van der Waals surface area (Å²) in [5.41, 5.74) is 13.1. The third kappa shape index (κ3) is 3.33. The fourth-order valence-electron chi connectivity index (χ4n) is 3.81. The van der Waals surface area contributed by atoms with Gasteiger partial charge in [-0.2, -0.15) is 0 Å². The molecular formula is C26H20N4O2. The van der Waals surface area contributed by atoms with Crippen molar-refractivity contribution in [3.05, 3.63) is 108 Å². The number of nitrogens with two attached hydrogens (primary N) is 2. The first-order valence-corrected chi connectivity index (χ1v) is 10.1. The SMILES string of the molecule is NC1=C(Nc2ccc3ccccc3c2)C(=O)C(N)=C(Nc2ccc3ccccc3c2)C1=O. The van der Waals surface area contributed by atoms with Crippen LogP contribution in [0.15, 0.2) is 108 Å². The van der Waals surface area contributed by atoms with Gasteiger partial charge in [0.1, 0.15) is 22.8 Å². The van der Waals surface area contributed by atoms with Crippen LogP contribution in [0.1, 0.15) is 0 Å². The van der Waals surface area contributed by atoms with Crippen molar-refractivity contribution in [1.82, 2.24) is 0 Å². The van der Waals surface area contributed by atoms with Crippen molar-refractivity contribution in [3.63, 3.8) is 0 Å². The molecule has 4 aromatic carbocycles. The number of ketones is 2. The van der Waals surface area contributed by atoms with Crippen LogP contribution >= 0.6 is 0 Å². The van der Waals surface area contributed by atoms with E-state index in [1.54, 1.807) is 0 Å². The summed E-state index contributed by atoms with van der Waals surface area (Å²) in [5, 5.41) is 10.1. The molecular weight excluding hydrogens is 400 g/mol. The predicted octanol–water partition coefficient (Wildman–Crippen LogP) is 4.01. The number of carbonyl (C=O) groups excluding carboxylic acids is 2. The van der Waals surface area contributed by atoms with E-state index >= 15 is 0 Å². The van der Waals surface area contributed by atoms with E-state index in [4.69, 9.17) is 11.5 Å². The molecule has 0 heterocycles. The van der Waals surface area contributed by atoms with Gasteiger partial charge in [0.2, 0.25) is 11.6 Å². The quantitative estimate of drug-likeness (QED) is 0.371. The summed E-state index contributed by atoms with van der Waals surface area (Å²) < 4.78 is 0. The molecule has 6 heteroatoms. The maximum atomic E-state index is 13.0. The number of Topliss-reactive ketones (excluding diaryl/α,β-unsaturated/α-hetero) is 2. The summed E-state index contributed by atoms with van der Waals surface area (Å²) in [5.74, 6) is -1.06. The molecule has 0 amide bonds. The van der Waals surface area contributed by atoms with E-state index < -0.39 is 11.6 Å². The first-order valence-electron chi connectivity index (χ1n) is 10.1. The molecule has 0 fully saturated rings. The van der Waals surface area contributed by atoms with E-state index in [1.807, 2.05) is 84.9 Å². The van der Waals surface area contributed by atoms with Gasteiger partial charge < -0.3 is 22.1 Å². The van der Waals surface area contributed by atoms with Crippen LogP contribution in [0.25, 0.3) is 21.5 Å². The number of anilines is 2. The number of nitrogens with one attached hydrogen (secondary N) is 2. The van der Waals surface area contributed by atoms with Gasteiger partial charge in [-0.05, 0) is 45.8 Å². The Hall–Kier alpha value is -4.58. The molecule has 0 aromatic heterocycles. The van der Waals surface area contributed by atoms with Gasteiger partial charge in [-0.25, -0.2) is 0 Å². The highest BCUT2D eigenvalue weighted by atomic mass is 16.1. The van der Waals surface area contributed by atoms with Crippen molar-refractivity contribution >= 4 is 44.5 Å². The molecule has 0 saturated heterocycles. The molecule has 1 aliphatic carbocycles. The first-order chi connectivity index (χ1) is 15.5. The Morgan fingerprint density at radius 1 is 0.500 bits per heavy atom. The predicted molar refractivity (Wildman–Crippen MR) is 128 cm³/mol. The van der Waals surface area contributed by atoms with Crippen LogP contribution in [0.2, 0.25) is 0 Å². The Kier molecular flexibility index (Phi) is 4.60. The summed E-state index contributed by atoms with van der Waals surface area (Å²) in [6.45, 7) is 0. The molecule has 0 aliphatic heterocycles. The zero-order valence-electron chi connectivity index (χ0n) is 17.1. The van der Waals surface area contributed by atoms with Gasteiger partial charge in [-0.3, -0.25) is 9.59 Å². The summed E-state index contributed by atoms with van der Waals surface area (Å²) in [7, 11) is 0. The van der Waals surface area contributed by atoms with Crippen LogP contribution < -0.4 is 22.1 Å². The minimum absolute atomic E-state index is 0.0214. The summed E-state index contributed by atoms with van der Waals surface area (Å²) in [4.78, 5) is 26.0. The van der Waals surface area contributed by atoms with Crippen LogP contribution in [-0.2, 0) is 9.59 Å². The van der Waals surface area contributed by atoms with E-state index in [0.29, 0.717) is 11.4 Å². The standard InChI is InChI=1S/C26H20N4O2/c27-21-23(29-19-11-9-15-5-1-3-7-17(15)13-19)25(31)22(28)24(26(21)32)30-20-12-10-16-6-2-4-8-18(16)14-20/h1-14,29-30H,27-28H2. The zero-order chi connectivity index (χ0) is 22.2. The average molecular weight is 420 g/mol. The summed E-state index contributed by atoms with van der Waals surface area (Å²) in [6, 6.07) is 27.0. The van der Waals surface area contributed by atoms with Gasteiger partial charge in [0.05, 0.1) is 0 Å². The average Bonchev–Trinajstić information content (AvgIpc) is 2.83. The molecule has 156 valence electrons. The van der Waals surface area contributed by atoms with E-state index in [-0.39, 0.29) is 22.8 Å². The van der Waals surface area contributed by atoms with Crippen molar-refractivity contribution < 1.29 is 9.59 Å². The van der Waals surface area contributed by atoms with Crippen molar-refractivity contribution in [2.24, 2.45) is 11.5 Å². The molecule has 5 rings (SSSR count). The maximum Gasteiger partial charge on any atom is 0.229 e. The van der Waals surface area contributed by atoms with E-state index in [1.165, 1.54) is 0 Å². The molecule has 32 heavy (non-hydrogen) atoms. The molecule has 0 radical (unpaired) electrons. The lowest BCUT2D eigenvalue weighted by Gasteiger charge is -2.22. The van der Waals surface area contributed by atoms with Crippen molar-refractivity contribution in [3.8, 4) is 0 Å². The molecule has 1 aliphatic rings. The van der Waals surface area contributed by atoms with Crippen LogP contribution in [0.3, 0.4) is 0 Å². The molecule has 0 saturated carbocycles. The molecule has 4 aromatic rings. The number of fused-ring (bicyclic) bond motifs is 2. The maximum absolute atomic E-state index is 13.0. The van der Waals surface area contributed by atoms with Crippen LogP contribution in [0, 0.1) is 0 Å². The number of hydrogen-bond acceptors (Lipinski definition) is 6. The van der Waals surface area contributed by atoms with E-state index in [0.717, 1.165) is 21.5 Å². The minimum Gasteiger partial charge on any atom is -0.394 e. The molecule has 0 spiro atoms. The first kappa shape index (κ1) is 19.4. The summed E-state index contributed by atoms with van der Waals surface area (Å²) in [6.07, 6.45) is 0. The second kappa shape index (κ2) is 7.59. The lowest BCUT2D eigenvalue weighted by Crippen LogP contribution is -2.36. The van der Waals surface area contributed by atoms with Gasteiger partial charge in [0.25, 0.3) is 0 Å². The highest BCUT2D eigenvalue weighted by Crippen LogP contribution is 2.26. The molecule has 6 nitrogen and oxygen atoms in total. The minimum atomic E-state index is -0.529. The highest BCUT2D eigenvalue weighted by Gasteiger charge is 2.32. The Morgan fingerprint density at radius 3 is 1.28 bits per heavy atom. The Labute approximate surface area is 184 Å². The number of benzene rings is 4. The molecule has 6 N–H and O–H groups in total. The van der Waals surface area contributed by atoms with E-state index in [2.05, 4.69) is 10.6 Å². The third-order valence-electron chi connectivity index (χ3n) is 5.52. The van der Waals surface area contributed by atoms with Crippen molar-refractivity contribution in [2.45, 2.75) is 0 Å². The van der Waals surface area contributed by atoms with Gasteiger partial charge in [-0.1, -0.05) is 60.7 Å². The second-order valence-electron chi connectivity index (χ2n) is 7.61. The van der Waals surface area contributed by atoms with Crippen LogP contribution in [0.4, 0.5) is 11.4 Å². The number of rotatable bonds is 4. The lowest BCUT2D eigenvalue weighted by atomic mass is 9.99. The van der Waals surface area contributed by atoms with Gasteiger partial charge in [-0.15, -0.1) is 0 Å². The second-order valence-corrected chi connectivity index (χ2v) is 7.61. The van der Waals surface area contributed by atoms with Crippen molar-refractivity contribution in [1.29, 1.82) is 0 Å². The molecule has 0 bridgehead atoms. The molecule has 0 unspecified atom stereocenters. The Bertz CT molecular complexity index is 1370. The largest absolute Gasteiger partial charge is 0.394 e. The topological polar surface area (TPSA) is 110 Å². The third-order valence-corrected chi connectivity index (χ3v) is 5.52. The number of carbonyl (C=O) groups is 2. The fraction of sp³-hybridized carbons (Fsp3) is 0. The normalized spacial score (nSPS) is 14.4. The Balaban J connectivity index is 1.44. The number of hydrogen-bond donors (Lipinski definition) is 4. The van der Waals surface area contributed by atoms with Crippen LogP contribution in [0.5, 0.6) is 0 Å². The lowest BCUT2D eigenvalue weighted by molar-refractivity contribution is -0.116. The van der Waals surface area contributed by atoms with E-state index in [9.17, 15) is 9.59 Å². The fourth-order valence-corrected chi connectivity index (χ4v) is 3.81. The smallest absolute Gasteiger partial charge is 0.229 e. The van der Waals surface area contributed by atoms with Crippen molar-refractivity contribution in [2.75, 3.05) is 10.6 Å². The summed E-state index contributed by atoms with van der Waals surface area (Å²) >= 11 is 0. The van der Waals surface area contributed by atoms with Gasteiger partial charge in [0, 0.05) is 11.4 Å². The molecule has 0 atom stereocenters. The highest BCUT2D eigenvalue weighted by molar-refractivity contribution is 6.26. The zero-order valence-corrected chi connectivity index (χ0v) is 17.1. The van der Waals surface area contributed by atoms with Crippen LogP contribution in [-0.4, -0.2) is 11.6 Å². The van der Waals surface area contributed by atoms with Gasteiger partial charge in [0.15, 0.2) is 0 Å². The monoisotopic (exact) mass is 420 g/mol. The van der Waals surface area contributed by atoms with Gasteiger partial charge >= 0.3 is 0 Å². The Morgan fingerprint density at radius 2 is 0.875 bits per heavy atom.